The van der Waals surface area contributed by atoms with Crippen molar-refractivity contribution in [3.8, 4) is 11.3 Å². The van der Waals surface area contributed by atoms with E-state index in [1.807, 2.05) is 36.4 Å². The Balaban J connectivity index is 1.69. The van der Waals surface area contributed by atoms with Gasteiger partial charge in [0.05, 0.1) is 12.7 Å². The van der Waals surface area contributed by atoms with E-state index in [0.29, 0.717) is 29.1 Å². The van der Waals surface area contributed by atoms with Gasteiger partial charge in [-0.15, -0.1) is 0 Å². The summed E-state index contributed by atoms with van der Waals surface area (Å²) in [6, 6.07) is 14.1. The zero-order valence-electron chi connectivity index (χ0n) is 14.2. The highest BCUT2D eigenvalue weighted by Gasteiger charge is 2.16. The summed E-state index contributed by atoms with van der Waals surface area (Å²) in [5, 5.41) is 4.13. The molecule has 3 aromatic rings. The van der Waals surface area contributed by atoms with E-state index in [4.69, 9.17) is 16.0 Å². The molecule has 1 heterocycles. The molecule has 0 bridgehead atoms. The molecule has 1 N–H and O–H groups in total. The normalized spacial score (nSPS) is 12.5. The molecule has 3 nitrogen and oxygen atoms in total. The molecular weight excluding hydrogens is 339 g/mol. The van der Waals surface area contributed by atoms with E-state index in [-0.39, 0.29) is 11.9 Å². The van der Waals surface area contributed by atoms with Crippen LogP contribution in [0, 0.1) is 11.7 Å². The third kappa shape index (κ3) is 4.47. The van der Waals surface area contributed by atoms with Gasteiger partial charge in [0, 0.05) is 16.6 Å². The first-order valence-corrected chi connectivity index (χ1v) is 8.60. The SMILES string of the molecule is CC(C)[C@@H](NCc1ncc(-c2ccc(Cl)cc2)o1)c1ccc(F)cc1. The zero-order valence-corrected chi connectivity index (χ0v) is 14.9. The minimum Gasteiger partial charge on any atom is -0.439 e. The molecule has 0 radical (unpaired) electrons. The molecule has 0 aliphatic heterocycles. The molecule has 0 amide bonds. The third-order valence-corrected chi connectivity index (χ3v) is 4.30. The molecule has 0 aliphatic rings. The molecule has 0 spiro atoms. The summed E-state index contributed by atoms with van der Waals surface area (Å²) in [6.07, 6.45) is 1.71. The van der Waals surface area contributed by atoms with Crippen molar-refractivity contribution < 1.29 is 8.81 Å². The van der Waals surface area contributed by atoms with E-state index >= 15 is 0 Å². The van der Waals surface area contributed by atoms with Crippen molar-refractivity contribution in [2.24, 2.45) is 5.92 Å². The number of benzene rings is 2. The summed E-state index contributed by atoms with van der Waals surface area (Å²) < 4.78 is 19.0. The summed E-state index contributed by atoms with van der Waals surface area (Å²) in [5.41, 5.74) is 1.97. The van der Waals surface area contributed by atoms with Crippen LogP contribution in [0.25, 0.3) is 11.3 Å². The number of halogens is 2. The van der Waals surface area contributed by atoms with Crippen LogP contribution in [0.3, 0.4) is 0 Å². The number of rotatable bonds is 6. The fourth-order valence-electron chi connectivity index (χ4n) is 2.75. The van der Waals surface area contributed by atoms with Crippen LogP contribution >= 0.6 is 11.6 Å². The van der Waals surface area contributed by atoms with Gasteiger partial charge in [0.2, 0.25) is 5.89 Å². The van der Waals surface area contributed by atoms with Crippen LogP contribution < -0.4 is 5.32 Å². The number of nitrogens with zero attached hydrogens (tertiary/aromatic N) is 1. The van der Waals surface area contributed by atoms with Crippen molar-refractivity contribution in [1.29, 1.82) is 0 Å². The second kappa shape index (κ2) is 7.81. The van der Waals surface area contributed by atoms with Crippen molar-refractivity contribution in [2.45, 2.75) is 26.4 Å². The lowest BCUT2D eigenvalue weighted by Crippen LogP contribution is -2.25. The Kier molecular flexibility index (Phi) is 5.51. The lowest BCUT2D eigenvalue weighted by molar-refractivity contribution is 0.380. The maximum absolute atomic E-state index is 13.1. The quantitative estimate of drug-likeness (QED) is 0.621. The third-order valence-electron chi connectivity index (χ3n) is 4.05. The van der Waals surface area contributed by atoms with E-state index in [1.54, 1.807) is 6.20 Å². The number of hydrogen-bond acceptors (Lipinski definition) is 3. The Labute approximate surface area is 151 Å². The van der Waals surface area contributed by atoms with Gasteiger partial charge in [0.1, 0.15) is 5.82 Å². The average Bonchev–Trinajstić information content (AvgIpc) is 3.06. The van der Waals surface area contributed by atoms with Crippen molar-refractivity contribution in [3.05, 3.63) is 77.0 Å². The molecule has 130 valence electrons. The van der Waals surface area contributed by atoms with Crippen molar-refractivity contribution in [3.63, 3.8) is 0 Å². The lowest BCUT2D eigenvalue weighted by atomic mass is 9.96. The molecule has 5 heteroatoms. The first-order valence-electron chi connectivity index (χ1n) is 8.22. The maximum Gasteiger partial charge on any atom is 0.208 e. The Morgan fingerprint density at radius 1 is 1.08 bits per heavy atom. The van der Waals surface area contributed by atoms with Gasteiger partial charge in [-0.05, 0) is 47.9 Å². The van der Waals surface area contributed by atoms with Crippen LogP contribution in [0.5, 0.6) is 0 Å². The largest absolute Gasteiger partial charge is 0.439 e. The lowest BCUT2D eigenvalue weighted by Gasteiger charge is -2.22. The molecule has 2 aromatic carbocycles. The number of oxazole rings is 1. The molecule has 3 rings (SSSR count). The van der Waals surface area contributed by atoms with Gasteiger partial charge in [0.15, 0.2) is 5.76 Å². The summed E-state index contributed by atoms with van der Waals surface area (Å²) >= 11 is 5.91. The molecule has 0 saturated carbocycles. The second-order valence-electron chi connectivity index (χ2n) is 6.28. The van der Waals surface area contributed by atoms with Crippen LogP contribution in [0.2, 0.25) is 5.02 Å². The molecule has 0 fully saturated rings. The van der Waals surface area contributed by atoms with Crippen LogP contribution in [-0.2, 0) is 6.54 Å². The highest BCUT2D eigenvalue weighted by atomic mass is 35.5. The summed E-state index contributed by atoms with van der Waals surface area (Å²) in [4.78, 5) is 4.33. The van der Waals surface area contributed by atoms with Gasteiger partial charge in [0.25, 0.3) is 0 Å². The van der Waals surface area contributed by atoms with E-state index in [9.17, 15) is 4.39 Å². The van der Waals surface area contributed by atoms with Crippen LogP contribution in [0.15, 0.2) is 59.1 Å². The topological polar surface area (TPSA) is 38.1 Å². The highest BCUT2D eigenvalue weighted by molar-refractivity contribution is 6.30. The minimum atomic E-state index is -0.230. The van der Waals surface area contributed by atoms with Gasteiger partial charge >= 0.3 is 0 Å². The molecule has 1 atom stereocenters. The fourth-order valence-corrected chi connectivity index (χ4v) is 2.87. The van der Waals surface area contributed by atoms with E-state index < -0.39 is 0 Å². The first-order chi connectivity index (χ1) is 12.0. The number of aromatic nitrogens is 1. The Morgan fingerprint density at radius 3 is 2.40 bits per heavy atom. The summed E-state index contributed by atoms with van der Waals surface area (Å²) in [7, 11) is 0. The van der Waals surface area contributed by atoms with Gasteiger partial charge in [-0.2, -0.15) is 0 Å². The Hall–Kier alpha value is -2.17. The predicted molar refractivity (Wildman–Crippen MR) is 97.8 cm³/mol. The van der Waals surface area contributed by atoms with Crippen molar-refractivity contribution >= 4 is 11.6 Å². The first kappa shape index (κ1) is 17.6. The maximum atomic E-state index is 13.1. The zero-order chi connectivity index (χ0) is 17.8. The van der Waals surface area contributed by atoms with E-state index in [0.717, 1.165) is 11.1 Å². The molecule has 25 heavy (non-hydrogen) atoms. The van der Waals surface area contributed by atoms with Crippen molar-refractivity contribution in [2.75, 3.05) is 0 Å². The van der Waals surface area contributed by atoms with Crippen LogP contribution in [0.1, 0.15) is 31.3 Å². The average molecular weight is 359 g/mol. The minimum absolute atomic E-state index is 0.0893. The summed E-state index contributed by atoms with van der Waals surface area (Å²) in [5.74, 6) is 1.43. The molecule has 0 aliphatic carbocycles. The second-order valence-corrected chi connectivity index (χ2v) is 6.72. The Morgan fingerprint density at radius 2 is 1.76 bits per heavy atom. The fraction of sp³-hybridized carbons (Fsp3) is 0.250. The van der Waals surface area contributed by atoms with Gasteiger partial charge in [-0.3, -0.25) is 0 Å². The predicted octanol–water partition coefficient (Wildman–Crippen LogP) is 5.62. The van der Waals surface area contributed by atoms with Gasteiger partial charge in [-0.25, -0.2) is 9.37 Å². The molecule has 1 aromatic heterocycles. The molecule has 0 unspecified atom stereocenters. The highest BCUT2D eigenvalue weighted by Crippen LogP contribution is 2.24. The van der Waals surface area contributed by atoms with E-state index in [2.05, 4.69) is 24.1 Å². The monoisotopic (exact) mass is 358 g/mol. The molecular formula is C20H20ClFN2O. The Bertz CT molecular complexity index is 812. The van der Waals surface area contributed by atoms with Crippen LogP contribution in [0.4, 0.5) is 4.39 Å². The number of nitrogens with one attached hydrogen (secondary N) is 1. The standard InChI is InChI=1S/C20H20ClFN2O/c1-13(2)20(15-5-9-17(22)10-6-15)24-12-19-23-11-18(25-19)14-3-7-16(21)8-4-14/h3-11,13,20,24H,12H2,1-2H3/t20-/m1/s1. The van der Waals surface area contributed by atoms with Gasteiger partial charge < -0.3 is 9.73 Å². The van der Waals surface area contributed by atoms with E-state index in [1.165, 1.54) is 12.1 Å². The number of hydrogen-bond donors (Lipinski definition) is 1. The van der Waals surface area contributed by atoms with Crippen LogP contribution in [-0.4, -0.2) is 4.98 Å². The molecule has 0 saturated heterocycles. The van der Waals surface area contributed by atoms with Gasteiger partial charge in [-0.1, -0.05) is 37.6 Å². The smallest absolute Gasteiger partial charge is 0.208 e. The van der Waals surface area contributed by atoms with Crippen molar-refractivity contribution in [1.82, 2.24) is 10.3 Å². The summed E-state index contributed by atoms with van der Waals surface area (Å²) in [6.45, 7) is 4.74.